The highest BCUT2D eigenvalue weighted by atomic mass is 16.3. The molecule has 0 aliphatic heterocycles. The number of para-hydroxylation sites is 1. The van der Waals surface area contributed by atoms with Crippen LogP contribution >= 0.6 is 0 Å². The molecule has 1 aliphatic rings. The minimum Gasteiger partial charge on any atom is -0.459 e. The molecule has 20 heavy (non-hydrogen) atoms. The number of benzene rings is 1. The van der Waals surface area contributed by atoms with E-state index < -0.39 is 0 Å². The number of hydrogen-bond donors (Lipinski definition) is 1. The van der Waals surface area contributed by atoms with Gasteiger partial charge in [-0.1, -0.05) is 31.0 Å². The van der Waals surface area contributed by atoms with Crippen molar-refractivity contribution in [3.8, 4) is 0 Å². The average Bonchev–Trinajstić information content (AvgIpc) is 3.06. The van der Waals surface area contributed by atoms with Gasteiger partial charge in [-0.25, -0.2) is 0 Å². The van der Waals surface area contributed by atoms with Gasteiger partial charge in [-0.05, 0) is 37.9 Å². The number of nitrogens with zero attached hydrogens (tertiary/aromatic N) is 1. The summed E-state index contributed by atoms with van der Waals surface area (Å²) in [4.78, 5) is 2.36. The summed E-state index contributed by atoms with van der Waals surface area (Å²) in [5.41, 5.74) is 7.23. The van der Waals surface area contributed by atoms with Gasteiger partial charge in [-0.2, -0.15) is 0 Å². The Balaban J connectivity index is 1.61. The third-order valence-corrected chi connectivity index (χ3v) is 4.36. The van der Waals surface area contributed by atoms with Crippen molar-refractivity contribution in [2.75, 3.05) is 20.1 Å². The van der Waals surface area contributed by atoms with Gasteiger partial charge in [-0.15, -0.1) is 0 Å². The molecule has 2 aromatic rings. The fourth-order valence-electron chi connectivity index (χ4n) is 3.32. The SMILES string of the molecule is CN(CC1CCCC1)CC(N)c1cc2ccccc2o1. The van der Waals surface area contributed by atoms with Crippen LogP contribution in [0.3, 0.4) is 0 Å². The highest BCUT2D eigenvalue weighted by Crippen LogP contribution is 2.26. The summed E-state index contributed by atoms with van der Waals surface area (Å²) in [6, 6.07) is 10.1. The lowest BCUT2D eigenvalue weighted by atomic mass is 10.1. The fourth-order valence-corrected chi connectivity index (χ4v) is 3.32. The van der Waals surface area contributed by atoms with E-state index in [1.807, 2.05) is 18.2 Å². The van der Waals surface area contributed by atoms with E-state index in [2.05, 4.69) is 24.1 Å². The van der Waals surface area contributed by atoms with Crippen molar-refractivity contribution >= 4 is 11.0 Å². The summed E-state index contributed by atoms with van der Waals surface area (Å²) in [6.45, 7) is 2.02. The van der Waals surface area contributed by atoms with E-state index in [0.29, 0.717) is 0 Å². The molecular weight excluding hydrogens is 248 g/mol. The molecule has 0 saturated heterocycles. The molecule has 3 rings (SSSR count). The van der Waals surface area contributed by atoms with Crippen LogP contribution in [0.5, 0.6) is 0 Å². The van der Waals surface area contributed by atoms with E-state index in [-0.39, 0.29) is 6.04 Å². The van der Waals surface area contributed by atoms with Gasteiger partial charge >= 0.3 is 0 Å². The molecule has 2 N–H and O–H groups in total. The van der Waals surface area contributed by atoms with Crippen molar-refractivity contribution < 1.29 is 4.42 Å². The van der Waals surface area contributed by atoms with Crippen molar-refractivity contribution in [2.45, 2.75) is 31.7 Å². The lowest BCUT2D eigenvalue weighted by molar-refractivity contribution is 0.255. The third kappa shape index (κ3) is 3.05. The number of fused-ring (bicyclic) bond motifs is 1. The van der Waals surface area contributed by atoms with Crippen LogP contribution in [0.1, 0.15) is 37.5 Å². The Morgan fingerprint density at radius 3 is 2.80 bits per heavy atom. The van der Waals surface area contributed by atoms with Crippen molar-refractivity contribution in [1.82, 2.24) is 4.90 Å². The van der Waals surface area contributed by atoms with E-state index in [4.69, 9.17) is 10.2 Å². The Bertz CT molecular complexity index is 524. The monoisotopic (exact) mass is 272 g/mol. The molecule has 1 saturated carbocycles. The molecule has 1 fully saturated rings. The quantitative estimate of drug-likeness (QED) is 0.905. The fraction of sp³-hybridized carbons (Fsp3) is 0.529. The summed E-state index contributed by atoms with van der Waals surface area (Å²) in [5, 5.41) is 1.14. The van der Waals surface area contributed by atoms with E-state index in [1.54, 1.807) is 0 Å². The smallest absolute Gasteiger partial charge is 0.134 e. The maximum atomic E-state index is 6.30. The molecule has 0 spiro atoms. The van der Waals surface area contributed by atoms with Crippen LogP contribution in [-0.4, -0.2) is 25.0 Å². The summed E-state index contributed by atoms with van der Waals surface area (Å²) in [6.07, 6.45) is 5.55. The zero-order chi connectivity index (χ0) is 13.9. The van der Waals surface area contributed by atoms with E-state index in [1.165, 1.54) is 25.7 Å². The Hall–Kier alpha value is -1.32. The van der Waals surface area contributed by atoms with Gasteiger partial charge in [0.25, 0.3) is 0 Å². The van der Waals surface area contributed by atoms with Crippen molar-refractivity contribution in [1.29, 1.82) is 0 Å². The molecule has 1 unspecified atom stereocenters. The molecule has 1 aliphatic carbocycles. The van der Waals surface area contributed by atoms with Gasteiger partial charge in [-0.3, -0.25) is 0 Å². The van der Waals surface area contributed by atoms with Crippen LogP contribution in [0.4, 0.5) is 0 Å². The standard InChI is InChI=1S/C17H24N2O/c1-19(11-13-6-2-3-7-13)12-15(18)17-10-14-8-4-5-9-16(14)20-17/h4-5,8-10,13,15H,2-3,6-7,11-12,18H2,1H3. The Morgan fingerprint density at radius 2 is 2.05 bits per heavy atom. The summed E-state index contributed by atoms with van der Waals surface area (Å²) < 4.78 is 5.85. The van der Waals surface area contributed by atoms with Crippen LogP contribution in [0.15, 0.2) is 34.7 Å². The zero-order valence-corrected chi connectivity index (χ0v) is 12.2. The molecule has 3 nitrogen and oxygen atoms in total. The number of rotatable bonds is 5. The maximum Gasteiger partial charge on any atom is 0.134 e. The number of furan rings is 1. The van der Waals surface area contributed by atoms with Crippen molar-refractivity contribution in [3.05, 3.63) is 36.1 Å². The van der Waals surface area contributed by atoms with Crippen LogP contribution in [-0.2, 0) is 0 Å². The van der Waals surface area contributed by atoms with Crippen LogP contribution in [0.25, 0.3) is 11.0 Å². The highest BCUT2D eigenvalue weighted by Gasteiger charge is 2.19. The summed E-state index contributed by atoms with van der Waals surface area (Å²) in [7, 11) is 2.17. The van der Waals surface area contributed by atoms with Crippen molar-refractivity contribution in [2.24, 2.45) is 11.7 Å². The normalized spacial score (nSPS) is 18.1. The predicted molar refractivity (Wildman–Crippen MR) is 82.6 cm³/mol. The first-order valence-corrected chi connectivity index (χ1v) is 7.65. The molecular formula is C17H24N2O. The van der Waals surface area contributed by atoms with Gasteiger partial charge in [0.2, 0.25) is 0 Å². The van der Waals surface area contributed by atoms with E-state index in [0.717, 1.165) is 35.7 Å². The second kappa shape index (κ2) is 5.98. The molecule has 108 valence electrons. The van der Waals surface area contributed by atoms with Gasteiger partial charge < -0.3 is 15.1 Å². The Labute approximate surface area is 120 Å². The highest BCUT2D eigenvalue weighted by molar-refractivity contribution is 5.77. The lowest BCUT2D eigenvalue weighted by Gasteiger charge is -2.23. The molecule has 0 amide bonds. The minimum absolute atomic E-state index is 0.0474. The second-order valence-electron chi connectivity index (χ2n) is 6.16. The second-order valence-corrected chi connectivity index (χ2v) is 6.16. The molecule has 1 aromatic carbocycles. The third-order valence-electron chi connectivity index (χ3n) is 4.36. The van der Waals surface area contributed by atoms with Crippen LogP contribution < -0.4 is 5.73 Å². The first kappa shape index (κ1) is 13.7. The lowest BCUT2D eigenvalue weighted by Crippen LogP contribution is -2.32. The first-order chi connectivity index (χ1) is 9.72. The molecule has 1 heterocycles. The van der Waals surface area contributed by atoms with Gasteiger partial charge in [0.1, 0.15) is 11.3 Å². The van der Waals surface area contributed by atoms with Crippen molar-refractivity contribution in [3.63, 3.8) is 0 Å². The number of hydrogen-bond acceptors (Lipinski definition) is 3. The van der Waals surface area contributed by atoms with Crippen LogP contribution in [0.2, 0.25) is 0 Å². The molecule has 1 atom stereocenters. The molecule has 0 radical (unpaired) electrons. The largest absolute Gasteiger partial charge is 0.459 e. The zero-order valence-electron chi connectivity index (χ0n) is 12.2. The number of likely N-dealkylation sites (N-methyl/N-ethyl adjacent to an activating group) is 1. The van der Waals surface area contributed by atoms with Gasteiger partial charge in [0.15, 0.2) is 0 Å². The topological polar surface area (TPSA) is 42.4 Å². The van der Waals surface area contributed by atoms with Gasteiger partial charge in [0.05, 0.1) is 6.04 Å². The molecule has 3 heteroatoms. The summed E-state index contributed by atoms with van der Waals surface area (Å²) >= 11 is 0. The maximum absolute atomic E-state index is 6.30. The Kier molecular flexibility index (Phi) is 4.08. The summed E-state index contributed by atoms with van der Waals surface area (Å²) in [5.74, 6) is 1.76. The van der Waals surface area contributed by atoms with Gasteiger partial charge in [0, 0.05) is 18.5 Å². The molecule has 0 bridgehead atoms. The Morgan fingerprint density at radius 1 is 1.30 bits per heavy atom. The van der Waals surface area contributed by atoms with E-state index >= 15 is 0 Å². The minimum atomic E-state index is -0.0474. The first-order valence-electron chi connectivity index (χ1n) is 7.65. The van der Waals surface area contributed by atoms with Crippen LogP contribution in [0, 0.1) is 5.92 Å². The molecule has 1 aromatic heterocycles. The average molecular weight is 272 g/mol. The van der Waals surface area contributed by atoms with E-state index in [9.17, 15) is 0 Å². The number of nitrogens with two attached hydrogens (primary N) is 1. The predicted octanol–water partition coefficient (Wildman–Crippen LogP) is 3.55.